The predicted molar refractivity (Wildman–Crippen MR) is 89.7 cm³/mol. The molecule has 2 aliphatic carbocycles. The molecule has 0 saturated heterocycles. The largest absolute Gasteiger partial charge is 0.367 e. The number of fused-ring (bicyclic) bond motifs is 1. The third-order valence-electron chi connectivity index (χ3n) is 5.93. The van der Waals surface area contributed by atoms with Crippen LogP contribution in [0.2, 0.25) is 0 Å². The molecule has 2 atom stereocenters. The maximum atomic E-state index is 12.7. The summed E-state index contributed by atoms with van der Waals surface area (Å²) in [5.74, 6) is 0.0261. The van der Waals surface area contributed by atoms with E-state index >= 15 is 0 Å². The van der Waals surface area contributed by atoms with Gasteiger partial charge in [0.1, 0.15) is 0 Å². The molecule has 2 unspecified atom stereocenters. The van der Waals surface area contributed by atoms with Crippen molar-refractivity contribution < 1.29 is 14.7 Å². The van der Waals surface area contributed by atoms with E-state index in [4.69, 9.17) is 0 Å². The molecule has 3 aliphatic rings. The lowest BCUT2D eigenvalue weighted by molar-refractivity contribution is -0.142. The summed E-state index contributed by atoms with van der Waals surface area (Å²) in [5, 5.41) is 11.5. The van der Waals surface area contributed by atoms with Gasteiger partial charge in [-0.15, -0.1) is 0 Å². The first kappa shape index (κ1) is 15.3. The van der Waals surface area contributed by atoms with Gasteiger partial charge in [0.2, 0.25) is 0 Å². The summed E-state index contributed by atoms with van der Waals surface area (Å²) >= 11 is 0. The normalized spacial score (nSPS) is 32.1. The summed E-state index contributed by atoms with van der Waals surface area (Å²) in [4.78, 5) is 27.1. The van der Waals surface area contributed by atoms with Crippen molar-refractivity contribution in [2.75, 3.05) is 0 Å². The summed E-state index contributed by atoms with van der Waals surface area (Å²) in [6.07, 6.45) is 2.74. The number of carbonyl (C=O) groups excluding carboxylic acids is 2. The number of ketones is 2. The Balaban J connectivity index is 1.89. The van der Waals surface area contributed by atoms with Crippen LogP contribution in [0.3, 0.4) is 0 Å². The van der Waals surface area contributed by atoms with Gasteiger partial charge in [0, 0.05) is 30.7 Å². The zero-order valence-electron chi connectivity index (χ0n) is 14.0. The zero-order chi connectivity index (χ0) is 17.1. The van der Waals surface area contributed by atoms with E-state index in [0.717, 1.165) is 11.3 Å². The first-order chi connectivity index (χ1) is 11.4. The molecule has 1 saturated carbocycles. The van der Waals surface area contributed by atoms with Crippen molar-refractivity contribution in [1.82, 2.24) is 4.90 Å². The number of hydrogen-bond donors (Lipinski definition) is 1. The molecule has 1 fully saturated rings. The van der Waals surface area contributed by atoms with E-state index in [1.54, 1.807) is 13.0 Å². The number of rotatable bonds is 2. The molecule has 2 bridgehead atoms. The van der Waals surface area contributed by atoms with Crippen LogP contribution in [0.1, 0.15) is 38.7 Å². The zero-order valence-corrected chi connectivity index (χ0v) is 14.0. The van der Waals surface area contributed by atoms with Gasteiger partial charge in [-0.1, -0.05) is 30.3 Å². The van der Waals surface area contributed by atoms with Crippen LogP contribution in [0.25, 0.3) is 0 Å². The van der Waals surface area contributed by atoms with Crippen LogP contribution in [0.4, 0.5) is 0 Å². The number of benzene rings is 1. The van der Waals surface area contributed by atoms with Crippen molar-refractivity contribution in [3.05, 3.63) is 58.8 Å². The van der Waals surface area contributed by atoms with E-state index in [1.807, 2.05) is 42.2 Å². The monoisotopic (exact) mass is 323 g/mol. The summed E-state index contributed by atoms with van der Waals surface area (Å²) < 4.78 is 0. The van der Waals surface area contributed by atoms with Crippen molar-refractivity contribution in [1.29, 1.82) is 0 Å². The third-order valence-corrected chi connectivity index (χ3v) is 5.93. The average Bonchev–Trinajstić information content (AvgIpc) is 2.89. The fraction of sp³-hybridized carbons (Fsp3) is 0.400. The summed E-state index contributed by atoms with van der Waals surface area (Å²) in [7, 11) is 0. The molecule has 0 radical (unpaired) electrons. The molecular formula is C20H21NO3. The van der Waals surface area contributed by atoms with Gasteiger partial charge in [-0.05, 0) is 37.5 Å². The summed E-state index contributed by atoms with van der Waals surface area (Å²) in [6.45, 7) is 4.18. The topological polar surface area (TPSA) is 57.6 Å². The van der Waals surface area contributed by atoms with Crippen molar-refractivity contribution in [3.63, 3.8) is 0 Å². The highest BCUT2D eigenvalue weighted by Crippen LogP contribution is 2.57. The smallest absolute Gasteiger partial charge is 0.166 e. The molecule has 0 amide bonds. The molecule has 4 heteroatoms. The van der Waals surface area contributed by atoms with E-state index < -0.39 is 11.1 Å². The molecular weight excluding hydrogens is 302 g/mol. The average molecular weight is 323 g/mol. The number of aliphatic hydroxyl groups is 1. The summed E-state index contributed by atoms with van der Waals surface area (Å²) in [5.41, 5.74) is 1.07. The SMILES string of the molecule is CC1=CC(=O)C23CCC(=O)C2=C(C)N(Cc2ccccc2)C1(O)C3. The lowest BCUT2D eigenvalue weighted by Gasteiger charge is -2.53. The van der Waals surface area contributed by atoms with Crippen LogP contribution in [-0.2, 0) is 16.1 Å². The minimum Gasteiger partial charge on any atom is -0.367 e. The molecule has 1 spiro atoms. The van der Waals surface area contributed by atoms with Gasteiger partial charge in [-0.2, -0.15) is 0 Å². The second-order valence-electron chi connectivity index (χ2n) is 7.22. The summed E-state index contributed by atoms with van der Waals surface area (Å²) in [6, 6.07) is 9.89. The van der Waals surface area contributed by atoms with Crippen LogP contribution in [-0.4, -0.2) is 27.3 Å². The number of carbonyl (C=O) groups is 2. The Morgan fingerprint density at radius 2 is 1.88 bits per heavy atom. The maximum absolute atomic E-state index is 12.7. The van der Waals surface area contributed by atoms with Crippen molar-refractivity contribution in [2.24, 2.45) is 5.41 Å². The van der Waals surface area contributed by atoms with Gasteiger partial charge in [0.05, 0.1) is 5.41 Å². The van der Waals surface area contributed by atoms with Gasteiger partial charge in [-0.3, -0.25) is 9.59 Å². The molecule has 1 aliphatic heterocycles. The Kier molecular flexibility index (Phi) is 3.13. The predicted octanol–water partition coefficient (Wildman–Crippen LogP) is 2.73. The quantitative estimate of drug-likeness (QED) is 0.909. The molecule has 24 heavy (non-hydrogen) atoms. The molecule has 4 nitrogen and oxygen atoms in total. The molecule has 1 N–H and O–H groups in total. The van der Waals surface area contributed by atoms with Gasteiger partial charge in [0.25, 0.3) is 0 Å². The number of hydrogen-bond acceptors (Lipinski definition) is 4. The first-order valence-corrected chi connectivity index (χ1v) is 8.40. The highest BCUT2D eigenvalue weighted by atomic mass is 16.3. The number of nitrogens with zero attached hydrogens (tertiary/aromatic N) is 1. The molecule has 1 heterocycles. The van der Waals surface area contributed by atoms with Crippen LogP contribution < -0.4 is 0 Å². The van der Waals surface area contributed by atoms with Crippen LogP contribution in [0.5, 0.6) is 0 Å². The molecule has 4 rings (SSSR count). The van der Waals surface area contributed by atoms with Crippen molar-refractivity contribution >= 4 is 11.6 Å². The van der Waals surface area contributed by atoms with Gasteiger partial charge in [0.15, 0.2) is 17.3 Å². The van der Waals surface area contributed by atoms with Crippen LogP contribution in [0, 0.1) is 5.41 Å². The third kappa shape index (κ3) is 1.83. The first-order valence-electron chi connectivity index (χ1n) is 8.40. The van der Waals surface area contributed by atoms with Crippen LogP contribution in [0.15, 0.2) is 53.3 Å². The second kappa shape index (κ2) is 4.90. The molecule has 124 valence electrons. The van der Waals surface area contributed by atoms with Crippen molar-refractivity contribution in [2.45, 2.75) is 45.4 Å². The Morgan fingerprint density at radius 3 is 2.58 bits per heavy atom. The number of allylic oxidation sites excluding steroid dienone is 3. The van der Waals surface area contributed by atoms with Crippen LogP contribution >= 0.6 is 0 Å². The Labute approximate surface area is 141 Å². The molecule has 1 aromatic rings. The van der Waals surface area contributed by atoms with E-state index in [-0.39, 0.29) is 18.0 Å². The van der Waals surface area contributed by atoms with Crippen molar-refractivity contribution in [3.8, 4) is 0 Å². The lowest BCUT2D eigenvalue weighted by Crippen LogP contribution is -2.59. The lowest BCUT2D eigenvalue weighted by atomic mass is 9.63. The van der Waals surface area contributed by atoms with E-state index in [1.165, 1.54) is 0 Å². The minimum absolute atomic E-state index is 0.0239. The molecule has 1 aromatic carbocycles. The molecule has 0 aromatic heterocycles. The van der Waals surface area contributed by atoms with E-state index in [9.17, 15) is 14.7 Å². The highest BCUT2D eigenvalue weighted by molar-refractivity contribution is 6.12. The van der Waals surface area contributed by atoms with E-state index in [0.29, 0.717) is 30.5 Å². The Bertz CT molecular complexity index is 807. The van der Waals surface area contributed by atoms with E-state index in [2.05, 4.69) is 0 Å². The fourth-order valence-electron chi connectivity index (χ4n) is 4.65. The minimum atomic E-state index is -1.21. The maximum Gasteiger partial charge on any atom is 0.166 e. The van der Waals surface area contributed by atoms with Gasteiger partial charge >= 0.3 is 0 Å². The highest BCUT2D eigenvalue weighted by Gasteiger charge is 2.61. The Morgan fingerprint density at radius 1 is 1.17 bits per heavy atom. The number of Topliss-reactive ketones (excluding diaryl/α,β-unsaturated/α-hetero) is 1. The standard InChI is InChI=1S/C20H21NO3/c1-13-10-17(23)19-9-8-16(22)18(19)14(2)21(20(13,24)12-19)11-15-6-4-3-5-7-15/h3-7,10,24H,8-9,11-12H2,1-2H3. The fourth-order valence-corrected chi connectivity index (χ4v) is 4.65. The van der Waals surface area contributed by atoms with Gasteiger partial charge < -0.3 is 10.0 Å². The Hall–Kier alpha value is -2.20. The second-order valence-corrected chi connectivity index (χ2v) is 7.22. The van der Waals surface area contributed by atoms with Gasteiger partial charge in [-0.25, -0.2) is 0 Å².